The minimum Gasteiger partial charge on any atom is -0.425 e. The van der Waals surface area contributed by atoms with Gasteiger partial charge in [-0.15, -0.1) is 11.8 Å². The van der Waals surface area contributed by atoms with Crippen molar-refractivity contribution in [3.63, 3.8) is 0 Å². The summed E-state index contributed by atoms with van der Waals surface area (Å²) < 4.78 is 11.1. The predicted molar refractivity (Wildman–Crippen MR) is 129 cm³/mol. The van der Waals surface area contributed by atoms with Gasteiger partial charge in [0.25, 0.3) is 0 Å². The topological polar surface area (TPSA) is 85.8 Å². The molecule has 0 radical (unpaired) electrons. The Morgan fingerprint density at radius 3 is 2.67 bits per heavy atom. The minimum atomic E-state index is -0.439. The third kappa shape index (κ3) is 3.27. The van der Waals surface area contributed by atoms with Crippen molar-refractivity contribution >= 4 is 40.1 Å². The lowest BCUT2D eigenvalue weighted by atomic mass is 9.94. The van der Waals surface area contributed by atoms with Gasteiger partial charge in [-0.3, -0.25) is 4.79 Å². The lowest BCUT2D eigenvalue weighted by Crippen LogP contribution is -2.46. The highest BCUT2D eigenvalue weighted by atomic mass is 32.2. The molecule has 1 aromatic heterocycles. The molecule has 0 fully saturated rings. The van der Waals surface area contributed by atoms with Gasteiger partial charge in [-0.05, 0) is 42.3 Å². The van der Waals surface area contributed by atoms with Crippen LogP contribution in [0.1, 0.15) is 22.7 Å². The van der Waals surface area contributed by atoms with Gasteiger partial charge in [0, 0.05) is 40.2 Å². The average Bonchev–Trinajstić information content (AvgIpc) is 2.79. The monoisotopic (exact) mass is 456 g/mol. The molecular formula is C26H20N2O4S. The van der Waals surface area contributed by atoms with Crippen LogP contribution in [0.5, 0.6) is 5.75 Å². The van der Waals surface area contributed by atoms with Crippen molar-refractivity contribution in [2.24, 2.45) is 0 Å². The fourth-order valence-electron chi connectivity index (χ4n) is 4.69. The van der Waals surface area contributed by atoms with E-state index < -0.39 is 10.9 Å². The van der Waals surface area contributed by atoms with Crippen molar-refractivity contribution in [2.75, 3.05) is 10.6 Å². The number of benzene rings is 3. The molecule has 2 unspecified atom stereocenters. The minimum absolute atomic E-state index is 0.267. The Morgan fingerprint density at radius 2 is 1.85 bits per heavy atom. The van der Waals surface area contributed by atoms with Crippen LogP contribution in [0, 0.1) is 6.92 Å². The summed E-state index contributed by atoms with van der Waals surface area (Å²) in [5.41, 5.74) is 10.6. The molecule has 2 aliphatic heterocycles. The van der Waals surface area contributed by atoms with E-state index in [1.165, 1.54) is 17.8 Å². The lowest BCUT2D eigenvalue weighted by Gasteiger charge is -2.45. The van der Waals surface area contributed by atoms with Gasteiger partial charge >= 0.3 is 11.6 Å². The molecule has 164 valence electrons. The van der Waals surface area contributed by atoms with Gasteiger partial charge in [-0.2, -0.15) is 0 Å². The average molecular weight is 457 g/mol. The SMILES string of the molecule is Cc1cc(=O)oc2cc3c(cc12)C1C(Sc2ccc(N)cc2N1Cc1ccccc1)C(=O)O3. The molecule has 33 heavy (non-hydrogen) atoms. The van der Waals surface area contributed by atoms with Crippen LogP contribution in [0.3, 0.4) is 0 Å². The fraction of sp³-hybridized carbons (Fsp3) is 0.154. The zero-order valence-electron chi connectivity index (χ0n) is 17.8. The Balaban J connectivity index is 1.58. The van der Waals surface area contributed by atoms with E-state index in [0.717, 1.165) is 32.7 Å². The summed E-state index contributed by atoms with van der Waals surface area (Å²) in [5.74, 6) is 0.112. The Morgan fingerprint density at radius 1 is 1.03 bits per heavy atom. The van der Waals surface area contributed by atoms with E-state index in [1.54, 1.807) is 6.07 Å². The third-order valence-electron chi connectivity index (χ3n) is 6.21. The van der Waals surface area contributed by atoms with Crippen molar-refractivity contribution in [3.8, 4) is 5.75 Å². The summed E-state index contributed by atoms with van der Waals surface area (Å²) in [6.07, 6.45) is 0. The number of esters is 1. The maximum atomic E-state index is 13.1. The standard InChI is InChI=1S/C26H20N2O4S/c1-14-9-23(29)31-20-12-21-18(11-17(14)20)24-25(26(30)32-21)33-22-8-7-16(27)10-19(22)28(24)13-15-5-3-2-4-6-15/h2-12,24-25H,13,27H2,1H3. The summed E-state index contributed by atoms with van der Waals surface area (Å²) in [6, 6.07) is 20.8. The van der Waals surface area contributed by atoms with Gasteiger partial charge in [0.2, 0.25) is 0 Å². The summed E-state index contributed by atoms with van der Waals surface area (Å²) in [5, 5.41) is 0.388. The second-order valence-electron chi connectivity index (χ2n) is 8.38. The quantitative estimate of drug-likeness (QED) is 0.200. The number of anilines is 2. The van der Waals surface area contributed by atoms with Crippen molar-refractivity contribution in [1.29, 1.82) is 0 Å². The van der Waals surface area contributed by atoms with Crippen LogP contribution in [0.4, 0.5) is 11.4 Å². The molecule has 0 saturated carbocycles. The van der Waals surface area contributed by atoms with Crippen molar-refractivity contribution in [2.45, 2.75) is 29.7 Å². The Hall–Kier alpha value is -3.71. The molecule has 3 aromatic carbocycles. The second kappa shape index (κ2) is 7.42. The zero-order chi connectivity index (χ0) is 22.7. The van der Waals surface area contributed by atoms with Crippen LogP contribution in [-0.4, -0.2) is 11.2 Å². The van der Waals surface area contributed by atoms with E-state index in [2.05, 4.69) is 17.0 Å². The van der Waals surface area contributed by atoms with Gasteiger partial charge in [0.05, 0.1) is 11.7 Å². The highest BCUT2D eigenvalue weighted by molar-refractivity contribution is 8.00. The molecule has 2 atom stereocenters. The molecule has 7 heteroatoms. The van der Waals surface area contributed by atoms with Gasteiger partial charge in [0.15, 0.2) is 0 Å². The van der Waals surface area contributed by atoms with E-state index in [0.29, 0.717) is 23.6 Å². The van der Waals surface area contributed by atoms with Gasteiger partial charge < -0.3 is 19.8 Å². The number of ether oxygens (including phenoxy) is 1. The number of rotatable bonds is 2. The van der Waals surface area contributed by atoms with Crippen molar-refractivity contribution in [3.05, 3.63) is 93.8 Å². The number of aryl methyl sites for hydroxylation is 1. The summed E-state index contributed by atoms with van der Waals surface area (Å²) in [7, 11) is 0. The van der Waals surface area contributed by atoms with Gasteiger partial charge in [0.1, 0.15) is 16.6 Å². The van der Waals surface area contributed by atoms with E-state index >= 15 is 0 Å². The Kier molecular flexibility index (Phi) is 4.48. The maximum absolute atomic E-state index is 13.1. The Bertz CT molecular complexity index is 1480. The van der Waals surface area contributed by atoms with E-state index in [9.17, 15) is 9.59 Å². The number of nitrogen functional groups attached to an aromatic ring is 1. The summed E-state index contributed by atoms with van der Waals surface area (Å²) in [4.78, 5) is 28.3. The number of carbonyl (C=O) groups is 1. The van der Waals surface area contributed by atoms with Crippen LogP contribution >= 0.6 is 11.8 Å². The molecule has 3 heterocycles. The van der Waals surface area contributed by atoms with Crippen molar-refractivity contribution in [1.82, 2.24) is 0 Å². The lowest BCUT2D eigenvalue weighted by molar-refractivity contribution is -0.135. The molecule has 0 aliphatic carbocycles. The van der Waals surface area contributed by atoms with E-state index in [4.69, 9.17) is 14.9 Å². The number of carbonyl (C=O) groups excluding carboxylic acids is 1. The smallest absolute Gasteiger partial charge is 0.336 e. The zero-order valence-corrected chi connectivity index (χ0v) is 18.6. The van der Waals surface area contributed by atoms with Crippen LogP contribution in [0.25, 0.3) is 11.0 Å². The summed E-state index contributed by atoms with van der Waals surface area (Å²) in [6.45, 7) is 2.48. The largest absolute Gasteiger partial charge is 0.425 e. The molecule has 2 aliphatic rings. The van der Waals surface area contributed by atoms with Crippen LogP contribution in [0.15, 0.2) is 80.8 Å². The van der Waals surface area contributed by atoms with E-state index in [1.807, 2.05) is 49.4 Å². The molecule has 0 bridgehead atoms. The maximum Gasteiger partial charge on any atom is 0.336 e. The first-order chi connectivity index (χ1) is 16.0. The number of nitrogens with zero attached hydrogens (tertiary/aromatic N) is 1. The molecule has 0 saturated heterocycles. The molecule has 0 spiro atoms. The van der Waals surface area contributed by atoms with E-state index in [-0.39, 0.29) is 12.0 Å². The normalized spacial score (nSPS) is 18.9. The fourth-order valence-corrected chi connectivity index (χ4v) is 5.98. The van der Waals surface area contributed by atoms with Crippen LogP contribution in [-0.2, 0) is 11.3 Å². The highest BCUT2D eigenvalue weighted by Crippen LogP contribution is 2.53. The van der Waals surface area contributed by atoms with Crippen LogP contribution < -0.4 is 21.0 Å². The molecule has 6 rings (SSSR count). The van der Waals surface area contributed by atoms with Crippen LogP contribution in [0.2, 0.25) is 0 Å². The number of hydrogen-bond donors (Lipinski definition) is 1. The first-order valence-corrected chi connectivity index (χ1v) is 11.5. The first kappa shape index (κ1) is 19.9. The molecular weight excluding hydrogens is 436 g/mol. The second-order valence-corrected chi connectivity index (χ2v) is 9.56. The highest BCUT2D eigenvalue weighted by Gasteiger charge is 2.46. The van der Waals surface area contributed by atoms with Gasteiger partial charge in [-0.1, -0.05) is 30.3 Å². The predicted octanol–water partition coefficient (Wildman–Crippen LogP) is 4.82. The summed E-state index contributed by atoms with van der Waals surface area (Å²) >= 11 is 1.50. The van der Waals surface area contributed by atoms with Crippen molar-refractivity contribution < 1.29 is 13.9 Å². The number of thioether (sulfide) groups is 1. The molecule has 6 nitrogen and oxygen atoms in total. The molecule has 0 amide bonds. The number of nitrogens with two attached hydrogens (primary N) is 1. The first-order valence-electron chi connectivity index (χ1n) is 10.6. The Labute approximate surface area is 194 Å². The number of fused-ring (bicyclic) bond motifs is 5. The molecule has 4 aromatic rings. The van der Waals surface area contributed by atoms with Gasteiger partial charge in [-0.25, -0.2) is 4.79 Å². The third-order valence-corrected chi connectivity index (χ3v) is 7.51. The molecule has 2 N–H and O–H groups in total. The number of hydrogen-bond acceptors (Lipinski definition) is 7.